The molecule has 0 aliphatic heterocycles. The van der Waals surface area contributed by atoms with Gasteiger partial charge in [-0.1, -0.05) is 11.8 Å². The van der Waals surface area contributed by atoms with Crippen molar-refractivity contribution in [3.63, 3.8) is 0 Å². The fourth-order valence-electron chi connectivity index (χ4n) is 1.68. The van der Waals surface area contributed by atoms with E-state index < -0.39 is 0 Å². The molecular formula is C14H17N3O2S. The lowest BCUT2D eigenvalue weighted by atomic mass is 10.2. The molecule has 1 aromatic rings. The van der Waals surface area contributed by atoms with Crippen LogP contribution in [0.2, 0.25) is 0 Å². The summed E-state index contributed by atoms with van der Waals surface area (Å²) in [5.74, 6) is 5.30. The number of nitrogens with two attached hydrogens (primary N) is 1. The van der Waals surface area contributed by atoms with Crippen LogP contribution in [0.5, 0.6) is 0 Å². The van der Waals surface area contributed by atoms with Crippen LogP contribution in [-0.2, 0) is 4.79 Å². The maximum atomic E-state index is 12.3. The number of thiophene rings is 1. The van der Waals surface area contributed by atoms with Gasteiger partial charge in [-0.2, -0.15) is 0 Å². The van der Waals surface area contributed by atoms with Gasteiger partial charge in [-0.3, -0.25) is 9.59 Å². The molecule has 1 aliphatic carbocycles. The minimum Gasteiger partial charge on any atom is -0.352 e. The highest BCUT2D eigenvalue weighted by Crippen LogP contribution is 2.19. The van der Waals surface area contributed by atoms with Gasteiger partial charge in [0.1, 0.15) is 4.88 Å². The Kier molecular flexibility index (Phi) is 4.77. The van der Waals surface area contributed by atoms with Gasteiger partial charge in [0.15, 0.2) is 0 Å². The monoisotopic (exact) mass is 291 g/mol. The highest BCUT2D eigenvalue weighted by atomic mass is 32.1. The van der Waals surface area contributed by atoms with Gasteiger partial charge in [-0.25, -0.2) is 0 Å². The molecule has 0 bridgehead atoms. The minimum atomic E-state index is -0.188. The lowest BCUT2D eigenvalue weighted by molar-refractivity contribution is -0.121. The van der Waals surface area contributed by atoms with Crippen molar-refractivity contribution in [2.75, 3.05) is 20.1 Å². The molecule has 20 heavy (non-hydrogen) atoms. The van der Waals surface area contributed by atoms with Crippen molar-refractivity contribution >= 4 is 23.2 Å². The van der Waals surface area contributed by atoms with E-state index in [9.17, 15) is 9.59 Å². The summed E-state index contributed by atoms with van der Waals surface area (Å²) in [6.07, 6.45) is 2.07. The largest absolute Gasteiger partial charge is 0.352 e. The second-order valence-electron chi connectivity index (χ2n) is 4.67. The van der Waals surface area contributed by atoms with E-state index in [0.29, 0.717) is 16.5 Å². The Labute approximate surface area is 122 Å². The number of likely N-dealkylation sites (N-methyl/N-ethyl adjacent to an activating group) is 1. The van der Waals surface area contributed by atoms with E-state index in [1.54, 1.807) is 13.1 Å². The van der Waals surface area contributed by atoms with Crippen LogP contribution in [-0.4, -0.2) is 42.9 Å². The fraction of sp³-hybridized carbons (Fsp3) is 0.429. The van der Waals surface area contributed by atoms with Gasteiger partial charge in [0.2, 0.25) is 5.91 Å². The van der Waals surface area contributed by atoms with Gasteiger partial charge in [-0.15, -0.1) is 11.3 Å². The molecule has 2 amide bonds. The molecule has 0 atom stereocenters. The van der Waals surface area contributed by atoms with E-state index >= 15 is 0 Å². The highest BCUT2D eigenvalue weighted by molar-refractivity contribution is 7.12. The third kappa shape index (κ3) is 3.83. The number of hydrogen-bond acceptors (Lipinski definition) is 4. The number of carbonyl (C=O) groups is 2. The van der Waals surface area contributed by atoms with E-state index in [1.165, 1.54) is 16.2 Å². The number of hydrogen-bond donors (Lipinski definition) is 2. The molecule has 0 saturated heterocycles. The lowest BCUT2D eigenvalue weighted by Gasteiger charge is -2.16. The zero-order valence-electron chi connectivity index (χ0n) is 11.3. The third-order valence-electron chi connectivity index (χ3n) is 2.85. The molecule has 1 fully saturated rings. The van der Waals surface area contributed by atoms with Crippen LogP contribution in [0.3, 0.4) is 0 Å². The quantitative estimate of drug-likeness (QED) is 0.789. The SMILES string of the molecule is CN(CC(=O)NC1CC1)C(=O)c1sccc1C#CCN. The summed E-state index contributed by atoms with van der Waals surface area (Å²) in [7, 11) is 1.62. The first kappa shape index (κ1) is 14.6. The molecule has 0 aromatic carbocycles. The summed E-state index contributed by atoms with van der Waals surface area (Å²) < 4.78 is 0. The Morgan fingerprint density at radius 1 is 1.55 bits per heavy atom. The normalized spacial score (nSPS) is 13.3. The second-order valence-corrected chi connectivity index (χ2v) is 5.59. The number of amides is 2. The first-order chi connectivity index (χ1) is 9.61. The van der Waals surface area contributed by atoms with Crippen LogP contribution < -0.4 is 11.1 Å². The first-order valence-electron chi connectivity index (χ1n) is 6.43. The average molecular weight is 291 g/mol. The fourth-order valence-corrected chi connectivity index (χ4v) is 2.52. The zero-order chi connectivity index (χ0) is 14.5. The molecule has 0 unspecified atom stereocenters. The summed E-state index contributed by atoms with van der Waals surface area (Å²) in [5, 5.41) is 4.67. The molecule has 0 spiro atoms. The number of rotatable bonds is 4. The Balaban J connectivity index is 1.98. The van der Waals surface area contributed by atoms with Crippen LogP contribution in [0, 0.1) is 11.8 Å². The summed E-state index contributed by atoms with van der Waals surface area (Å²) in [5.41, 5.74) is 6.00. The first-order valence-corrected chi connectivity index (χ1v) is 7.31. The van der Waals surface area contributed by atoms with E-state index in [-0.39, 0.29) is 24.9 Å². The lowest BCUT2D eigenvalue weighted by Crippen LogP contribution is -2.39. The van der Waals surface area contributed by atoms with Crippen molar-refractivity contribution in [2.45, 2.75) is 18.9 Å². The molecule has 5 nitrogen and oxygen atoms in total. The molecule has 106 valence electrons. The van der Waals surface area contributed by atoms with E-state index in [1.807, 2.05) is 5.38 Å². The maximum Gasteiger partial charge on any atom is 0.265 e. The molecule has 1 aliphatic rings. The average Bonchev–Trinajstić information content (AvgIpc) is 3.10. The third-order valence-corrected chi connectivity index (χ3v) is 3.76. The smallest absolute Gasteiger partial charge is 0.265 e. The Morgan fingerprint density at radius 2 is 2.30 bits per heavy atom. The molecule has 1 saturated carbocycles. The Bertz CT molecular complexity index is 566. The summed E-state index contributed by atoms with van der Waals surface area (Å²) in [4.78, 5) is 25.9. The van der Waals surface area contributed by atoms with Gasteiger partial charge < -0.3 is 16.0 Å². The number of nitrogens with zero attached hydrogens (tertiary/aromatic N) is 1. The van der Waals surface area contributed by atoms with E-state index in [2.05, 4.69) is 17.2 Å². The number of nitrogens with one attached hydrogen (secondary N) is 1. The molecule has 1 heterocycles. The van der Waals surface area contributed by atoms with E-state index in [4.69, 9.17) is 5.73 Å². The summed E-state index contributed by atoms with van der Waals surface area (Å²) in [6.45, 7) is 0.320. The molecule has 1 aromatic heterocycles. The van der Waals surface area contributed by atoms with E-state index in [0.717, 1.165) is 12.8 Å². The van der Waals surface area contributed by atoms with Crippen molar-refractivity contribution in [1.29, 1.82) is 0 Å². The van der Waals surface area contributed by atoms with Crippen LogP contribution in [0.1, 0.15) is 28.1 Å². The predicted octanol–water partition coefficient (Wildman–Crippen LogP) is 0.409. The van der Waals surface area contributed by atoms with Crippen LogP contribution in [0.4, 0.5) is 0 Å². The van der Waals surface area contributed by atoms with Gasteiger partial charge in [0.05, 0.1) is 13.1 Å². The predicted molar refractivity (Wildman–Crippen MR) is 78.4 cm³/mol. The van der Waals surface area contributed by atoms with Crippen LogP contribution in [0.15, 0.2) is 11.4 Å². The summed E-state index contributed by atoms with van der Waals surface area (Å²) in [6, 6.07) is 2.09. The van der Waals surface area contributed by atoms with Crippen LogP contribution >= 0.6 is 11.3 Å². The van der Waals surface area contributed by atoms with Crippen molar-refractivity contribution in [1.82, 2.24) is 10.2 Å². The topological polar surface area (TPSA) is 75.4 Å². The molecule has 0 radical (unpaired) electrons. The van der Waals surface area contributed by atoms with Crippen molar-refractivity contribution in [2.24, 2.45) is 5.73 Å². The molecular weight excluding hydrogens is 274 g/mol. The van der Waals surface area contributed by atoms with Crippen molar-refractivity contribution < 1.29 is 9.59 Å². The van der Waals surface area contributed by atoms with Crippen molar-refractivity contribution in [3.05, 3.63) is 21.9 Å². The minimum absolute atomic E-state index is 0.0665. The number of carbonyl (C=O) groups excluding carboxylic acids is 2. The zero-order valence-corrected chi connectivity index (χ0v) is 12.1. The van der Waals surface area contributed by atoms with Crippen LogP contribution in [0.25, 0.3) is 0 Å². The highest BCUT2D eigenvalue weighted by Gasteiger charge is 2.25. The maximum absolute atomic E-state index is 12.3. The second kappa shape index (κ2) is 6.55. The summed E-state index contributed by atoms with van der Waals surface area (Å²) >= 11 is 1.32. The standard InChI is InChI=1S/C14H17N3O2S/c1-17(9-12(18)16-11-4-5-11)14(19)13-10(3-2-7-15)6-8-20-13/h6,8,11H,4-5,7,9,15H2,1H3,(H,16,18). The van der Waals surface area contributed by atoms with Gasteiger partial charge in [0.25, 0.3) is 5.91 Å². The molecule has 2 rings (SSSR count). The molecule has 6 heteroatoms. The Hall–Kier alpha value is -1.84. The van der Waals surface area contributed by atoms with Gasteiger partial charge in [-0.05, 0) is 24.3 Å². The van der Waals surface area contributed by atoms with Crippen molar-refractivity contribution in [3.8, 4) is 11.8 Å². The Morgan fingerprint density at radius 3 is 2.95 bits per heavy atom. The molecule has 3 N–H and O–H groups in total. The van der Waals surface area contributed by atoms with Gasteiger partial charge in [0, 0.05) is 18.7 Å². The van der Waals surface area contributed by atoms with Gasteiger partial charge >= 0.3 is 0 Å².